The first kappa shape index (κ1) is 35.5. The maximum atomic E-state index is 15.4. The van der Waals surface area contributed by atoms with Gasteiger partial charge in [-0.1, -0.05) is 65.2 Å². The fraction of sp³-hybridized carbons (Fsp3) is 0.342. The molecule has 2 heterocycles. The van der Waals surface area contributed by atoms with Crippen LogP contribution in [0.2, 0.25) is 10.0 Å². The normalized spacial score (nSPS) is 26.5. The van der Waals surface area contributed by atoms with Gasteiger partial charge in [0.1, 0.15) is 18.1 Å². The summed E-state index contributed by atoms with van der Waals surface area (Å²) in [6.07, 6.45) is 1.72. The number of halogens is 2. The average Bonchev–Trinajstić information content (AvgIpc) is 3.51. The quantitative estimate of drug-likeness (QED) is 0.183. The summed E-state index contributed by atoms with van der Waals surface area (Å²) < 4.78 is 11.5. The zero-order chi connectivity index (χ0) is 36.9. The second kappa shape index (κ2) is 13.9. The lowest BCUT2D eigenvalue weighted by molar-refractivity contribution is -0.143. The smallest absolute Gasteiger partial charge is 0.305 e. The van der Waals surface area contributed by atoms with Crippen LogP contribution in [0.15, 0.2) is 78.4 Å². The molecule has 3 N–H and O–H groups in total. The summed E-state index contributed by atoms with van der Waals surface area (Å²) in [4.78, 5) is 70.4. The Morgan fingerprint density at radius 3 is 2.42 bits per heavy atom. The Bertz CT molecular complexity index is 2000. The third-order valence-electron chi connectivity index (χ3n) is 10.8. The molecule has 4 aliphatic rings. The highest BCUT2D eigenvalue weighted by Gasteiger charge is 2.70. The van der Waals surface area contributed by atoms with Crippen molar-refractivity contribution in [3.8, 4) is 11.5 Å². The van der Waals surface area contributed by atoms with Crippen LogP contribution in [-0.2, 0) is 29.4 Å². The van der Waals surface area contributed by atoms with E-state index in [-0.39, 0.29) is 43.3 Å². The van der Waals surface area contributed by atoms with Crippen molar-refractivity contribution in [3.05, 3.63) is 99.6 Å². The molecule has 14 heteroatoms. The number of rotatable bonds is 11. The number of ether oxygens (including phenoxy) is 2. The predicted molar refractivity (Wildman–Crippen MR) is 189 cm³/mol. The van der Waals surface area contributed by atoms with Crippen LogP contribution in [0.4, 0.5) is 5.69 Å². The fourth-order valence-corrected chi connectivity index (χ4v) is 9.14. The number of fused-ring (bicyclic) bond motifs is 4. The molecule has 6 atom stereocenters. The molecular weight excluding hydrogens is 713 g/mol. The van der Waals surface area contributed by atoms with Crippen molar-refractivity contribution in [3.63, 3.8) is 0 Å². The average molecular weight is 749 g/mol. The Balaban J connectivity index is 1.45. The predicted octanol–water partition coefficient (Wildman–Crippen LogP) is 4.83. The third-order valence-corrected chi connectivity index (χ3v) is 11.3. The molecular formula is C38H35Cl2N3O9. The van der Waals surface area contributed by atoms with Crippen LogP contribution >= 0.6 is 23.2 Å². The second-order valence-electron chi connectivity index (χ2n) is 13.3. The minimum atomic E-state index is -1.60. The van der Waals surface area contributed by atoms with E-state index in [1.807, 2.05) is 6.08 Å². The highest BCUT2D eigenvalue weighted by Crippen LogP contribution is 2.65. The number of carbonyl (C=O) groups excluding carboxylic acids is 4. The lowest BCUT2D eigenvalue weighted by Gasteiger charge is -2.50. The minimum Gasteiger partial charge on any atom is -0.497 e. The molecule has 2 aliphatic heterocycles. The van der Waals surface area contributed by atoms with Crippen LogP contribution in [0, 0.1) is 23.7 Å². The van der Waals surface area contributed by atoms with Gasteiger partial charge in [0, 0.05) is 23.0 Å². The number of carboxylic acid groups (broad SMARTS) is 1. The summed E-state index contributed by atoms with van der Waals surface area (Å²) >= 11 is 12.7. The maximum absolute atomic E-state index is 15.4. The van der Waals surface area contributed by atoms with Crippen LogP contribution in [0.5, 0.6) is 11.5 Å². The van der Waals surface area contributed by atoms with Gasteiger partial charge in [0.15, 0.2) is 0 Å². The lowest BCUT2D eigenvalue weighted by atomic mass is 9.49. The molecule has 4 amide bonds. The molecule has 0 bridgehead atoms. The minimum absolute atomic E-state index is 0.0398. The molecule has 2 aliphatic carbocycles. The van der Waals surface area contributed by atoms with Gasteiger partial charge < -0.3 is 19.7 Å². The largest absolute Gasteiger partial charge is 0.497 e. The number of carbonyl (C=O) groups is 5. The SMILES string of the molecule is COc1ccc(C23C(=O)N(Nc4ccc(Cl)cc4Cl)C(=O)C2CC2C(=CCC4C(=O)N(CCC(=O)O)C(=O)C42)C3c2ccccc2OCCO)cc1. The Morgan fingerprint density at radius 1 is 0.981 bits per heavy atom. The molecule has 0 aromatic heterocycles. The number of carboxylic acids is 1. The molecule has 3 aromatic rings. The number of hydrogen-bond donors (Lipinski definition) is 3. The van der Waals surface area contributed by atoms with Crippen molar-refractivity contribution in [1.29, 1.82) is 0 Å². The first-order valence-electron chi connectivity index (χ1n) is 16.9. The molecule has 7 rings (SSSR count). The van der Waals surface area contributed by atoms with Crippen LogP contribution in [0.1, 0.15) is 36.3 Å². The highest BCUT2D eigenvalue weighted by atomic mass is 35.5. The number of aliphatic hydroxyl groups excluding tert-OH is 1. The summed E-state index contributed by atoms with van der Waals surface area (Å²) in [6, 6.07) is 18.6. The number of methoxy groups -OCH3 is 1. The monoisotopic (exact) mass is 747 g/mol. The number of aliphatic hydroxyl groups is 1. The van der Waals surface area contributed by atoms with Crippen molar-refractivity contribution in [2.75, 3.05) is 32.3 Å². The van der Waals surface area contributed by atoms with Gasteiger partial charge in [0.25, 0.3) is 11.8 Å². The van der Waals surface area contributed by atoms with E-state index < -0.39 is 71.0 Å². The van der Waals surface area contributed by atoms with E-state index in [4.69, 9.17) is 32.7 Å². The fourth-order valence-electron chi connectivity index (χ4n) is 8.69. The van der Waals surface area contributed by atoms with Gasteiger partial charge in [-0.25, -0.2) is 0 Å². The van der Waals surface area contributed by atoms with Gasteiger partial charge in [-0.05, 0) is 60.7 Å². The number of nitrogens with zero attached hydrogens (tertiary/aromatic N) is 2. The highest BCUT2D eigenvalue weighted by molar-refractivity contribution is 6.36. The van der Waals surface area contributed by atoms with Gasteiger partial charge in [-0.15, -0.1) is 0 Å². The Kier molecular flexibility index (Phi) is 9.49. The number of hydrogen-bond acceptors (Lipinski definition) is 9. The Morgan fingerprint density at radius 2 is 1.73 bits per heavy atom. The number of imide groups is 2. The number of likely N-dealkylation sites (tertiary alicyclic amines) is 1. The molecule has 0 radical (unpaired) electrons. The van der Waals surface area contributed by atoms with Crippen LogP contribution in [0.25, 0.3) is 0 Å². The van der Waals surface area contributed by atoms with Crippen molar-refractivity contribution in [2.45, 2.75) is 30.6 Å². The van der Waals surface area contributed by atoms with E-state index in [0.717, 1.165) is 9.91 Å². The summed E-state index contributed by atoms with van der Waals surface area (Å²) in [5.74, 6) is -6.54. The molecule has 6 unspecified atom stereocenters. The number of anilines is 1. The summed E-state index contributed by atoms with van der Waals surface area (Å²) in [6.45, 7) is -0.587. The standard InChI is InChI=1S/C38H35Cl2N3O9/c1-51-22-9-6-20(7-10-22)38-27(35(48)43(37(38)50)41-29-13-8-21(39)18-28(29)40)19-26-23(33(38)24-4-2-3-5-30(24)52-17-16-44)11-12-25-32(26)36(49)42(34(25)47)15-14-31(45)46/h2-11,13,18,25-27,32-33,41,44H,12,14-17,19H2,1H3,(H,45,46). The first-order chi connectivity index (χ1) is 25.0. The number of para-hydroxylation sites is 1. The molecule has 0 spiro atoms. The summed E-state index contributed by atoms with van der Waals surface area (Å²) in [5.41, 5.74) is 3.39. The number of hydrazine groups is 1. The Labute approximate surface area is 308 Å². The topological polar surface area (TPSA) is 163 Å². The van der Waals surface area contributed by atoms with Crippen molar-refractivity contribution >= 4 is 58.5 Å². The van der Waals surface area contributed by atoms with Gasteiger partial charge in [0.2, 0.25) is 11.8 Å². The van der Waals surface area contributed by atoms with E-state index in [1.165, 1.54) is 13.2 Å². The maximum Gasteiger partial charge on any atom is 0.305 e. The van der Waals surface area contributed by atoms with Crippen molar-refractivity contribution in [2.24, 2.45) is 23.7 Å². The molecule has 270 valence electrons. The zero-order valence-corrected chi connectivity index (χ0v) is 29.5. The van der Waals surface area contributed by atoms with Crippen LogP contribution in [-0.4, -0.2) is 76.6 Å². The van der Waals surface area contributed by atoms with E-state index >= 15 is 4.79 Å². The summed E-state index contributed by atoms with van der Waals surface area (Å²) in [5, 5.41) is 20.6. The molecule has 3 fully saturated rings. The van der Waals surface area contributed by atoms with Crippen LogP contribution < -0.4 is 14.9 Å². The third kappa shape index (κ3) is 5.60. The molecule has 12 nitrogen and oxygen atoms in total. The van der Waals surface area contributed by atoms with E-state index in [2.05, 4.69) is 5.43 Å². The number of amides is 4. The molecule has 2 saturated heterocycles. The zero-order valence-electron chi connectivity index (χ0n) is 28.0. The van der Waals surface area contributed by atoms with Gasteiger partial charge in [-0.3, -0.25) is 34.3 Å². The Hall–Kier alpha value is -4.91. The van der Waals surface area contributed by atoms with Crippen LogP contribution in [0.3, 0.4) is 0 Å². The molecule has 3 aromatic carbocycles. The molecule has 52 heavy (non-hydrogen) atoms. The number of nitrogens with one attached hydrogen (secondary N) is 1. The van der Waals surface area contributed by atoms with Crippen molar-refractivity contribution < 1.29 is 43.7 Å². The lowest BCUT2D eigenvalue weighted by Crippen LogP contribution is -2.53. The van der Waals surface area contributed by atoms with E-state index in [9.17, 15) is 29.4 Å². The van der Waals surface area contributed by atoms with E-state index in [0.29, 0.717) is 33.2 Å². The second-order valence-corrected chi connectivity index (χ2v) is 14.1. The number of allylic oxidation sites excluding steroid dienone is 2. The first-order valence-corrected chi connectivity index (χ1v) is 17.6. The van der Waals surface area contributed by atoms with Gasteiger partial charge in [-0.2, -0.15) is 5.01 Å². The van der Waals surface area contributed by atoms with Gasteiger partial charge >= 0.3 is 5.97 Å². The number of benzene rings is 3. The number of aliphatic carboxylic acids is 1. The molecule has 1 saturated carbocycles. The summed E-state index contributed by atoms with van der Waals surface area (Å²) in [7, 11) is 1.52. The van der Waals surface area contributed by atoms with Gasteiger partial charge in [0.05, 0.1) is 54.0 Å². The van der Waals surface area contributed by atoms with E-state index in [1.54, 1.807) is 60.7 Å². The van der Waals surface area contributed by atoms with Crippen molar-refractivity contribution in [1.82, 2.24) is 9.91 Å².